The van der Waals surface area contributed by atoms with Crippen molar-refractivity contribution in [1.82, 2.24) is 0 Å². The summed E-state index contributed by atoms with van der Waals surface area (Å²) in [5, 5.41) is 0. The van der Waals surface area contributed by atoms with Crippen LogP contribution in [0.2, 0.25) is 5.82 Å². The molecule has 0 heterocycles. The Morgan fingerprint density at radius 1 is 1.24 bits per heavy atom. The molecule has 1 rings (SSSR count). The monoisotopic (exact) mass is 398 g/mol. The zero-order valence-corrected chi connectivity index (χ0v) is 17.0. The maximum Gasteiger partial charge on any atom is 0.472 e. The SMILES string of the molecule is [B]C1C[C@H](CCP(=O)(O)OC)[C@@H](OP(=O)(O)OC(C)CCC)[C@H]1OC. The zero-order valence-electron chi connectivity index (χ0n) is 15.2. The summed E-state index contributed by atoms with van der Waals surface area (Å²) in [5.74, 6) is -0.727. The lowest BCUT2D eigenvalue weighted by Gasteiger charge is -2.28. The fourth-order valence-corrected chi connectivity index (χ4v) is 5.20. The van der Waals surface area contributed by atoms with Crippen LogP contribution in [0.1, 0.15) is 39.5 Å². The first-order valence-corrected chi connectivity index (χ1v) is 11.7. The molecule has 11 heteroatoms. The Labute approximate surface area is 151 Å². The van der Waals surface area contributed by atoms with Crippen molar-refractivity contribution in [3.8, 4) is 0 Å². The van der Waals surface area contributed by atoms with Crippen LogP contribution < -0.4 is 0 Å². The van der Waals surface area contributed by atoms with Gasteiger partial charge in [-0.2, -0.15) is 0 Å². The largest absolute Gasteiger partial charge is 0.472 e. The molecule has 2 N–H and O–H groups in total. The van der Waals surface area contributed by atoms with Gasteiger partial charge < -0.3 is 19.0 Å². The van der Waals surface area contributed by atoms with Gasteiger partial charge in [-0.3, -0.25) is 13.6 Å². The van der Waals surface area contributed by atoms with Gasteiger partial charge in [0, 0.05) is 14.2 Å². The fraction of sp³-hybridized carbons (Fsp3) is 1.00. The molecule has 7 atom stereocenters. The molecule has 0 aromatic carbocycles. The lowest BCUT2D eigenvalue weighted by atomic mass is 9.83. The van der Waals surface area contributed by atoms with Gasteiger partial charge in [-0.05, 0) is 31.5 Å². The van der Waals surface area contributed by atoms with E-state index >= 15 is 0 Å². The van der Waals surface area contributed by atoms with Crippen LogP contribution in [-0.2, 0) is 27.4 Å². The van der Waals surface area contributed by atoms with Crippen molar-refractivity contribution >= 4 is 23.3 Å². The van der Waals surface area contributed by atoms with E-state index in [2.05, 4.69) is 4.52 Å². The molecular weight excluding hydrogens is 369 g/mol. The smallest absolute Gasteiger partial charge is 0.379 e. The maximum atomic E-state index is 12.3. The molecule has 0 aromatic rings. The van der Waals surface area contributed by atoms with Crippen molar-refractivity contribution in [2.24, 2.45) is 5.92 Å². The predicted molar refractivity (Wildman–Crippen MR) is 94.9 cm³/mol. The molecule has 0 amide bonds. The first-order valence-electron chi connectivity index (χ1n) is 8.40. The highest BCUT2D eigenvalue weighted by atomic mass is 31.2. The van der Waals surface area contributed by atoms with E-state index in [1.54, 1.807) is 6.92 Å². The van der Waals surface area contributed by atoms with Crippen molar-refractivity contribution in [2.75, 3.05) is 20.4 Å². The number of ether oxygens (including phenoxy) is 1. The summed E-state index contributed by atoms with van der Waals surface area (Å²) in [7, 11) is 0.643. The molecule has 4 unspecified atom stereocenters. The quantitative estimate of drug-likeness (QED) is 0.404. The van der Waals surface area contributed by atoms with Crippen LogP contribution in [0.5, 0.6) is 0 Å². The molecule has 1 fully saturated rings. The van der Waals surface area contributed by atoms with E-state index in [4.69, 9.17) is 21.6 Å². The summed E-state index contributed by atoms with van der Waals surface area (Å²) in [6.07, 6.45) is 0.194. The van der Waals surface area contributed by atoms with Crippen LogP contribution in [0.15, 0.2) is 0 Å². The van der Waals surface area contributed by atoms with Crippen molar-refractivity contribution in [1.29, 1.82) is 0 Å². The molecule has 146 valence electrons. The molecule has 0 saturated heterocycles. The van der Waals surface area contributed by atoms with Gasteiger partial charge in [-0.15, -0.1) is 0 Å². The predicted octanol–water partition coefficient (Wildman–Crippen LogP) is 2.89. The minimum Gasteiger partial charge on any atom is -0.379 e. The van der Waals surface area contributed by atoms with Crippen LogP contribution in [0, 0.1) is 5.92 Å². The molecule has 0 aromatic heterocycles. The van der Waals surface area contributed by atoms with Crippen molar-refractivity contribution in [2.45, 2.75) is 63.7 Å². The van der Waals surface area contributed by atoms with E-state index < -0.39 is 39.5 Å². The Morgan fingerprint density at radius 2 is 1.88 bits per heavy atom. The lowest BCUT2D eigenvalue weighted by molar-refractivity contribution is -0.0184. The average molecular weight is 398 g/mol. The second-order valence-electron chi connectivity index (χ2n) is 6.44. The van der Waals surface area contributed by atoms with Crippen LogP contribution in [0.25, 0.3) is 0 Å². The van der Waals surface area contributed by atoms with Gasteiger partial charge in [-0.1, -0.05) is 19.8 Å². The van der Waals surface area contributed by atoms with Gasteiger partial charge >= 0.3 is 15.4 Å². The van der Waals surface area contributed by atoms with Gasteiger partial charge in [0.1, 0.15) is 0 Å². The van der Waals surface area contributed by atoms with Crippen LogP contribution in [0.3, 0.4) is 0 Å². The summed E-state index contributed by atoms with van der Waals surface area (Å²) in [5.41, 5.74) is 0. The highest BCUT2D eigenvalue weighted by Gasteiger charge is 2.46. The summed E-state index contributed by atoms with van der Waals surface area (Å²) in [6.45, 7) is 3.64. The van der Waals surface area contributed by atoms with Crippen LogP contribution >= 0.6 is 15.4 Å². The minimum atomic E-state index is -4.31. The van der Waals surface area contributed by atoms with E-state index in [0.717, 1.165) is 13.5 Å². The van der Waals surface area contributed by atoms with E-state index in [0.29, 0.717) is 12.8 Å². The molecule has 1 saturated carbocycles. The van der Waals surface area contributed by atoms with E-state index in [9.17, 15) is 18.9 Å². The average Bonchev–Trinajstić information content (AvgIpc) is 2.79. The van der Waals surface area contributed by atoms with E-state index in [1.807, 2.05) is 6.92 Å². The zero-order chi connectivity index (χ0) is 19.3. The topological polar surface area (TPSA) is 112 Å². The van der Waals surface area contributed by atoms with Crippen molar-refractivity contribution < 1.29 is 37.2 Å². The Balaban J connectivity index is 2.81. The molecule has 25 heavy (non-hydrogen) atoms. The Hall–Kier alpha value is 0.285. The molecule has 8 nitrogen and oxygen atoms in total. The molecule has 2 radical (unpaired) electrons. The third kappa shape index (κ3) is 7.43. The Kier molecular flexibility index (Phi) is 9.33. The third-order valence-corrected chi connectivity index (χ3v) is 6.92. The molecule has 1 aliphatic carbocycles. The Bertz CT molecular complexity index is 505. The number of hydrogen-bond acceptors (Lipinski definition) is 6. The van der Waals surface area contributed by atoms with Gasteiger partial charge in [0.15, 0.2) is 0 Å². The molecule has 0 bridgehead atoms. The minimum absolute atomic E-state index is 0.0972. The first kappa shape index (κ1) is 23.3. The van der Waals surface area contributed by atoms with Gasteiger partial charge in [0.05, 0.1) is 32.3 Å². The summed E-state index contributed by atoms with van der Waals surface area (Å²) >= 11 is 0. The van der Waals surface area contributed by atoms with Crippen LogP contribution in [-0.4, -0.2) is 56.3 Å². The normalized spacial score (nSPS) is 32.9. The van der Waals surface area contributed by atoms with Gasteiger partial charge in [0.25, 0.3) is 0 Å². The molecule has 1 aliphatic rings. The van der Waals surface area contributed by atoms with E-state index in [-0.39, 0.29) is 18.5 Å². The summed E-state index contributed by atoms with van der Waals surface area (Å²) in [4.78, 5) is 19.6. The highest BCUT2D eigenvalue weighted by Crippen LogP contribution is 2.53. The standard InChI is InChI=1S/C14H29BO8P2/c1-5-6-10(2)22-25(18,19)23-13-11(7-8-24(16,17)21-4)9-12(15)14(13)20-3/h10-14H,5-9H2,1-4H3,(H,16,17)(H,18,19)/t10?,11-,12?,13+,14-/m0/s1. The lowest BCUT2D eigenvalue weighted by Crippen LogP contribution is -2.32. The second kappa shape index (κ2) is 10.0. The number of rotatable bonds is 11. The molecule has 0 aliphatic heterocycles. The number of hydrogen-bond donors (Lipinski definition) is 2. The maximum absolute atomic E-state index is 12.3. The summed E-state index contributed by atoms with van der Waals surface area (Å²) < 4.78 is 44.4. The molecule has 0 spiro atoms. The number of phosphoric ester groups is 1. The van der Waals surface area contributed by atoms with Crippen molar-refractivity contribution in [3.05, 3.63) is 0 Å². The summed E-state index contributed by atoms with van der Waals surface area (Å²) in [6, 6.07) is 0. The highest BCUT2D eigenvalue weighted by molar-refractivity contribution is 7.52. The van der Waals surface area contributed by atoms with E-state index in [1.165, 1.54) is 7.11 Å². The molecular formula is C14H29BO8P2. The first-order chi connectivity index (χ1) is 11.5. The fourth-order valence-electron chi connectivity index (χ4n) is 3.15. The second-order valence-corrected chi connectivity index (χ2v) is 9.88. The third-order valence-electron chi connectivity index (χ3n) is 4.39. The van der Waals surface area contributed by atoms with Gasteiger partial charge in [-0.25, -0.2) is 4.57 Å². The van der Waals surface area contributed by atoms with Crippen LogP contribution in [0.4, 0.5) is 0 Å². The van der Waals surface area contributed by atoms with Gasteiger partial charge in [0.2, 0.25) is 0 Å². The Morgan fingerprint density at radius 3 is 2.40 bits per heavy atom. The number of phosphoric acid groups is 1. The number of methoxy groups -OCH3 is 1. The van der Waals surface area contributed by atoms with Crippen molar-refractivity contribution in [3.63, 3.8) is 0 Å².